The largest absolute Gasteiger partial charge is 0.507 e. The number of phenols is 1. The molecule has 0 aliphatic carbocycles. The van der Waals surface area contributed by atoms with Gasteiger partial charge in [-0.15, -0.1) is 11.3 Å². The van der Waals surface area contributed by atoms with Crippen LogP contribution in [-0.2, 0) is 0 Å². The number of hydrogen-bond donors (Lipinski definition) is 1. The third kappa shape index (κ3) is 3.38. The standard InChI is InChI=1S/C20H15F2N3O2S/c1-10-7-13(17-14(8-10)25-16(9-23-17)27-20(21)22)19-24-11(2)18(28-19)12-5-3-4-6-15(12)26/h3-9,20,26H,1-2H3. The highest BCUT2D eigenvalue weighted by molar-refractivity contribution is 7.18. The number of alkyl halides is 2. The highest BCUT2D eigenvalue weighted by Crippen LogP contribution is 2.40. The fourth-order valence-electron chi connectivity index (χ4n) is 2.99. The van der Waals surface area contributed by atoms with E-state index >= 15 is 0 Å². The SMILES string of the molecule is Cc1cc(-c2nc(C)c(-c3ccccc3O)s2)c2ncc(OC(F)F)nc2c1. The number of phenolic OH excluding ortho intramolecular Hbond substituents is 1. The smallest absolute Gasteiger partial charge is 0.388 e. The Hall–Kier alpha value is -3.13. The molecule has 0 atom stereocenters. The normalized spacial score (nSPS) is 11.3. The van der Waals surface area contributed by atoms with Gasteiger partial charge in [-0.05, 0) is 43.7 Å². The molecule has 2 aromatic carbocycles. The maximum atomic E-state index is 12.5. The molecule has 8 heteroatoms. The van der Waals surface area contributed by atoms with Gasteiger partial charge in [-0.1, -0.05) is 12.1 Å². The number of halogens is 2. The molecule has 0 radical (unpaired) electrons. The lowest BCUT2D eigenvalue weighted by molar-refractivity contribution is -0.0528. The van der Waals surface area contributed by atoms with Crippen molar-refractivity contribution >= 4 is 22.4 Å². The quantitative estimate of drug-likeness (QED) is 0.501. The first kappa shape index (κ1) is 18.2. The monoisotopic (exact) mass is 399 g/mol. The summed E-state index contributed by atoms with van der Waals surface area (Å²) >= 11 is 1.43. The molecule has 0 fully saturated rings. The van der Waals surface area contributed by atoms with Gasteiger partial charge < -0.3 is 9.84 Å². The average molecular weight is 399 g/mol. The van der Waals surface area contributed by atoms with E-state index in [9.17, 15) is 13.9 Å². The zero-order valence-electron chi connectivity index (χ0n) is 15.0. The van der Waals surface area contributed by atoms with Crippen LogP contribution in [0.5, 0.6) is 11.6 Å². The minimum absolute atomic E-state index is 0.184. The fraction of sp³-hybridized carbons (Fsp3) is 0.150. The van der Waals surface area contributed by atoms with Gasteiger partial charge >= 0.3 is 6.61 Å². The Balaban J connectivity index is 1.86. The minimum atomic E-state index is -2.96. The summed E-state index contributed by atoms with van der Waals surface area (Å²) in [6.45, 7) is 0.800. The highest BCUT2D eigenvalue weighted by atomic mass is 32.1. The Kier molecular flexibility index (Phi) is 4.64. The Labute approximate surface area is 163 Å². The van der Waals surface area contributed by atoms with Crippen molar-refractivity contribution in [2.45, 2.75) is 20.5 Å². The van der Waals surface area contributed by atoms with Crippen molar-refractivity contribution in [2.24, 2.45) is 0 Å². The van der Waals surface area contributed by atoms with E-state index in [1.807, 2.05) is 32.0 Å². The third-order valence-corrected chi connectivity index (χ3v) is 5.38. The molecule has 142 valence electrons. The number of thiazole rings is 1. The summed E-state index contributed by atoms with van der Waals surface area (Å²) in [5, 5.41) is 10.9. The van der Waals surface area contributed by atoms with E-state index in [-0.39, 0.29) is 11.6 Å². The summed E-state index contributed by atoms with van der Waals surface area (Å²) in [7, 11) is 0. The molecule has 0 saturated heterocycles. The first-order valence-electron chi connectivity index (χ1n) is 8.41. The Morgan fingerprint density at radius 3 is 2.61 bits per heavy atom. The van der Waals surface area contributed by atoms with Crippen molar-refractivity contribution in [2.75, 3.05) is 0 Å². The van der Waals surface area contributed by atoms with Crippen LogP contribution in [0.2, 0.25) is 0 Å². The number of ether oxygens (including phenoxy) is 1. The molecule has 4 aromatic rings. The van der Waals surface area contributed by atoms with Gasteiger partial charge in [-0.2, -0.15) is 8.78 Å². The number of para-hydroxylation sites is 1. The number of nitrogens with zero attached hydrogens (tertiary/aromatic N) is 3. The lowest BCUT2D eigenvalue weighted by Crippen LogP contribution is -2.04. The molecule has 0 amide bonds. The van der Waals surface area contributed by atoms with Gasteiger partial charge in [0.2, 0.25) is 5.88 Å². The average Bonchev–Trinajstić information content (AvgIpc) is 3.02. The van der Waals surface area contributed by atoms with Gasteiger partial charge in [-0.25, -0.2) is 15.0 Å². The lowest BCUT2D eigenvalue weighted by atomic mass is 10.1. The minimum Gasteiger partial charge on any atom is -0.507 e. The predicted octanol–water partition coefficient (Wildman–Crippen LogP) is 5.34. The molecule has 0 saturated carbocycles. The zero-order chi connectivity index (χ0) is 19.8. The van der Waals surface area contributed by atoms with Crippen LogP contribution >= 0.6 is 11.3 Å². The van der Waals surface area contributed by atoms with E-state index in [1.54, 1.807) is 18.2 Å². The summed E-state index contributed by atoms with van der Waals surface area (Å²) in [6.07, 6.45) is 1.18. The molecule has 28 heavy (non-hydrogen) atoms. The summed E-state index contributed by atoms with van der Waals surface area (Å²) < 4.78 is 29.3. The summed E-state index contributed by atoms with van der Waals surface area (Å²) in [6, 6.07) is 10.8. The van der Waals surface area contributed by atoms with Gasteiger partial charge in [0, 0.05) is 11.1 Å². The molecule has 0 spiro atoms. The van der Waals surface area contributed by atoms with E-state index in [0.29, 0.717) is 21.6 Å². The highest BCUT2D eigenvalue weighted by Gasteiger charge is 2.17. The number of benzene rings is 2. The van der Waals surface area contributed by atoms with Crippen LogP contribution in [-0.4, -0.2) is 26.7 Å². The molecule has 4 rings (SSSR count). The van der Waals surface area contributed by atoms with Gasteiger partial charge in [0.15, 0.2) is 0 Å². The van der Waals surface area contributed by atoms with E-state index in [4.69, 9.17) is 0 Å². The van der Waals surface area contributed by atoms with Crippen LogP contribution in [0.15, 0.2) is 42.6 Å². The summed E-state index contributed by atoms with van der Waals surface area (Å²) in [5.41, 5.74) is 4.12. The first-order chi connectivity index (χ1) is 13.4. The Morgan fingerprint density at radius 1 is 1.07 bits per heavy atom. The summed E-state index contributed by atoms with van der Waals surface area (Å²) in [4.78, 5) is 13.9. The Bertz CT molecular complexity index is 1180. The lowest BCUT2D eigenvalue weighted by Gasteiger charge is -2.07. The first-order valence-corrected chi connectivity index (χ1v) is 9.22. The number of hydrogen-bond acceptors (Lipinski definition) is 6. The number of aryl methyl sites for hydroxylation is 2. The molecule has 0 aliphatic heterocycles. The van der Waals surface area contributed by atoms with Crippen molar-refractivity contribution < 1.29 is 18.6 Å². The van der Waals surface area contributed by atoms with E-state index in [0.717, 1.165) is 21.7 Å². The van der Waals surface area contributed by atoms with Crippen LogP contribution in [0.25, 0.3) is 32.0 Å². The number of rotatable bonds is 4. The van der Waals surface area contributed by atoms with Crippen LogP contribution in [0, 0.1) is 13.8 Å². The van der Waals surface area contributed by atoms with Crippen molar-refractivity contribution in [1.29, 1.82) is 0 Å². The molecule has 0 unspecified atom stereocenters. The predicted molar refractivity (Wildman–Crippen MR) is 104 cm³/mol. The van der Waals surface area contributed by atoms with Crippen LogP contribution < -0.4 is 4.74 Å². The number of aromatic nitrogens is 3. The van der Waals surface area contributed by atoms with Crippen molar-refractivity contribution in [1.82, 2.24) is 15.0 Å². The van der Waals surface area contributed by atoms with Gasteiger partial charge in [0.25, 0.3) is 0 Å². The summed E-state index contributed by atoms with van der Waals surface area (Å²) in [5.74, 6) is -0.0484. The van der Waals surface area contributed by atoms with Crippen molar-refractivity contribution in [3.8, 4) is 32.6 Å². The molecule has 0 bridgehead atoms. The van der Waals surface area contributed by atoms with E-state index in [2.05, 4.69) is 19.7 Å². The van der Waals surface area contributed by atoms with E-state index in [1.165, 1.54) is 17.5 Å². The number of aromatic hydroxyl groups is 1. The molecular formula is C20H15F2N3O2S. The second-order valence-electron chi connectivity index (χ2n) is 6.22. The van der Waals surface area contributed by atoms with Crippen LogP contribution in [0.4, 0.5) is 8.78 Å². The van der Waals surface area contributed by atoms with Crippen molar-refractivity contribution in [3.05, 3.63) is 53.9 Å². The van der Waals surface area contributed by atoms with Gasteiger partial charge in [0.05, 0.1) is 27.8 Å². The fourth-order valence-corrected chi connectivity index (χ4v) is 4.10. The zero-order valence-corrected chi connectivity index (χ0v) is 15.8. The maximum absolute atomic E-state index is 12.5. The van der Waals surface area contributed by atoms with Crippen LogP contribution in [0.3, 0.4) is 0 Å². The molecule has 2 aromatic heterocycles. The number of fused-ring (bicyclic) bond motifs is 1. The van der Waals surface area contributed by atoms with Gasteiger partial charge in [0.1, 0.15) is 10.8 Å². The topological polar surface area (TPSA) is 68.1 Å². The molecule has 0 aliphatic rings. The Morgan fingerprint density at radius 2 is 1.86 bits per heavy atom. The molecule has 1 N–H and O–H groups in total. The van der Waals surface area contributed by atoms with E-state index < -0.39 is 6.61 Å². The maximum Gasteiger partial charge on any atom is 0.388 e. The van der Waals surface area contributed by atoms with Crippen LogP contribution in [0.1, 0.15) is 11.3 Å². The molecule has 5 nitrogen and oxygen atoms in total. The second-order valence-corrected chi connectivity index (χ2v) is 7.22. The molecule has 2 heterocycles. The van der Waals surface area contributed by atoms with Crippen molar-refractivity contribution in [3.63, 3.8) is 0 Å². The van der Waals surface area contributed by atoms with Gasteiger partial charge in [-0.3, -0.25) is 0 Å². The third-order valence-electron chi connectivity index (χ3n) is 4.15. The molecular weight excluding hydrogens is 384 g/mol. The second kappa shape index (κ2) is 7.12.